The van der Waals surface area contributed by atoms with Gasteiger partial charge in [0, 0.05) is 7.05 Å². The Morgan fingerprint density at radius 1 is 1.73 bits per heavy atom. The molecule has 0 aliphatic carbocycles. The summed E-state index contributed by atoms with van der Waals surface area (Å²) in [4.78, 5) is 23.5. The lowest BCUT2D eigenvalue weighted by atomic mass is 10.6. The third-order valence-corrected chi connectivity index (χ3v) is 1.15. The topological polar surface area (TPSA) is 78.0 Å². The van der Waals surface area contributed by atoms with Crippen LogP contribution in [0.1, 0.15) is 0 Å². The largest absolute Gasteiger partial charge is 0.370 e. The molecule has 0 saturated heterocycles. The summed E-state index contributed by atoms with van der Waals surface area (Å²) in [5.74, 6) is -0.423. The molecule has 1 rings (SSSR count). The van der Waals surface area contributed by atoms with Crippen LogP contribution < -0.4 is 5.56 Å². The van der Waals surface area contributed by atoms with E-state index in [1.54, 1.807) is 0 Å². The minimum absolute atomic E-state index is 0.423. The number of nitro groups is 1. The lowest BCUT2D eigenvalue weighted by Crippen LogP contribution is -2.16. The van der Waals surface area contributed by atoms with Gasteiger partial charge in [-0.2, -0.15) is 0 Å². The molecule has 0 unspecified atom stereocenters. The molecular formula is C5H5N3O3. The minimum atomic E-state index is -0.707. The number of hydrogen-bond acceptors (Lipinski definition) is 4. The maximum absolute atomic E-state index is 10.8. The fourth-order valence-corrected chi connectivity index (χ4v) is 0.552. The Labute approximate surface area is 61.3 Å². The SMILES string of the molecule is Cn1cnc([N+](=O)[O-])cc1=O. The molecule has 0 N–H and O–H groups in total. The van der Waals surface area contributed by atoms with E-state index in [1.807, 2.05) is 0 Å². The average molecular weight is 155 g/mol. The van der Waals surface area contributed by atoms with Crippen molar-refractivity contribution >= 4 is 5.82 Å². The summed E-state index contributed by atoms with van der Waals surface area (Å²) in [5, 5.41) is 10.1. The first-order valence-electron chi connectivity index (χ1n) is 2.78. The first-order valence-corrected chi connectivity index (χ1v) is 2.78. The van der Waals surface area contributed by atoms with Crippen LogP contribution in [0.15, 0.2) is 17.2 Å². The molecule has 1 heterocycles. The summed E-state index contributed by atoms with van der Waals surface area (Å²) in [7, 11) is 1.47. The Hall–Kier alpha value is -1.72. The van der Waals surface area contributed by atoms with Gasteiger partial charge in [-0.05, 0) is 9.91 Å². The summed E-state index contributed by atoms with van der Waals surface area (Å²) in [6, 6.07) is 0.875. The van der Waals surface area contributed by atoms with Gasteiger partial charge in [0.2, 0.25) is 6.33 Å². The molecule has 1 aromatic rings. The van der Waals surface area contributed by atoms with Crippen LogP contribution >= 0.6 is 0 Å². The Kier molecular flexibility index (Phi) is 1.67. The first-order chi connectivity index (χ1) is 5.11. The molecule has 0 spiro atoms. The van der Waals surface area contributed by atoms with Crippen LogP contribution in [0.5, 0.6) is 0 Å². The van der Waals surface area contributed by atoms with E-state index < -0.39 is 16.3 Å². The van der Waals surface area contributed by atoms with Gasteiger partial charge in [-0.1, -0.05) is 0 Å². The monoisotopic (exact) mass is 155 g/mol. The van der Waals surface area contributed by atoms with Crippen molar-refractivity contribution in [2.75, 3.05) is 0 Å². The quantitative estimate of drug-likeness (QED) is 0.411. The Morgan fingerprint density at radius 3 is 2.82 bits per heavy atom. The molecule has 0 atom stereocenters. The Balaban J connectivity index is 3.26. The van der Waals surface area contributed by atoms with E-state index in [9.17, 15) is 14.9 Å². The number of aryl methyl sites for hydroxylation is 1. The molecule has 1 aromatic heterocycles. The van der Waals surface area contributed by atoms with Crippen molar-refractivity contribution in [2.45, 2.75) is 0 Å². The third-order valence-electron chi connectivity index (χ3n) is 1.15. The molecule has 58 valence electrons. The van der Waals surface area contributed by atoms with Gasteiger partial charge in [0.15, 0.2) is 0 Å². The zero-order valence-electron chi connectivity index (χ0n) is 5.72. The molecular weight excluding hydrogens is 150 g/mol. The van der Waals surface area contributed by atoms with Gasteiger partial charge in [0.25, 0.3) is 5.56 Å². The molecule has 0 saturated carbocycles. The molecule has 0 aliphatic rings. The van der Waals surface area contributed by atoms with Crippen LogP contribution in [-0.2, 0) is 7.05 Å². The van der Waals surface area contributed by atoms with Gasteiger partial charge in [-0.15, -0.1) is 0 Å². The highest BCUT2D eigenvalue weighted by atomic mass is 16.6. The molecule has 0 aromatic carbocycles. The van der Waals surface area contributed by atoms with E-state index in [1.165, 1.54) is 7.05 Å². The fourth-order valence-electron chi connectivity index (χ4n) is 0.552. The summed E-state index contributed by atoms with van der Waals surface area (Å²) in [6.45, 7) is 0. The van der Waals surface area contributed by atoms with E-state index in [-0.39, 0.29) is 0 Å². The number of rotatable bonds is 1. The molecule has 0 amide bonds. The van der Waals surface area contributed by atoms with Crippen molar-refractivity contribution in [3.63, 3.8) is 0 Å². The summed E-state index contributed by atoms with van der Waals surface area (Å²) >= 11 is 0. The van der Waals surface area contributed by atoms with Gasteiger partial charge in [-0.25, -0.2) is 0 Å². The van der Waals surface area contributed by atoms with Gasteiger partial charge in [0.1, 0.15) is 6.07 Å². The smallest absolute Gasteiger partial charge is 0.358 e. The summed E-state index contributed by atoms with van der Waals surface area (Å²) in [5.41, 5.74) is -0.438. The standard InChI is InChI=1S/C5H5N3O3/c1-7-3-6-4(8(10)11)2-5(7)9/h2-3H,1H3. The van der Waals surface area contributed by atoms with Crippen LogP contribution in [0.4, 0.5) is 5.82 Å². The Morgan fingerprint density at radius 2 is 2.36 bits per heavy atom. The molecule has 11 heavy (non-hydrogen) atoms. The maximum Gasteiger partial charge on any atom is 0.370 e. The molecule has 0 bridgehead atoms. The van der Waals surface area contributed by atoms with Gasteiger partial charge < -0.3 is 10.1 Å². The highest BCUT2D eigenvalue weighted by Crippen LogP contribution is 1.98. The van der Waals surface area contributed by atoms with E-state index in [0.29, 0.717) is 0 Å². The zero-order valence-corrected chi connectivity index (χ0v) is 5.72. The van der Waals surface area contributed by atoms with Crippen molar-refractivity contribution < 1.29 is 4.92 Å². The van der Waals surface area contributed by atoms with Crippen molar-refractivity contribution in [1.29, 1.82) is 0 Å². The van der Waals surface area contributed by atoms with Crippen molar-refractivity contribution in [3.8, 4) is 0 Å². The molecule has 0 aliphatic heterocycles. The molecule has 0 radical (unpaired) electrons. The van der Waals surface area contributed by atoms with Crippen LogP contribution in [0.25, 0.3) is 0 Å². The molecule has 0 fully saturated rings. The Bertz CT molecular complexity index is 343. The van der Waals surface area contributed by atoms with Gasteiger partial charge in [0.05, 0.1) is 0 Å². The lowest BCUT2D eigenvalue weighted by molar-refractivity contribution is -0.389. The fraction of sp³-hybridized carbons (Fsp3) is 0.200. The molecule has 6 heteroatoms. The average Bonchev–Trinajstić information content (AvgIpc) is 1.94. The summed E-state index contributed by atoms with van der Waals surface area (Å²) < 4.78 is 1.16. The normalized spacial score (nSPS) is 9.55. The van der Waals surface area contributed by atoms with Crippen molar-refractivity contribution in [1.82, 2.24) is 9.55 Å². The van der Waals surface area contributed by atoms with Gasteiger partial charge >= 0.3 is 5.82 Å². The van der Waals surface area contributed by atoms with E-state index in [4.69, 9.17) is 0 Å². The van der Waals surface area contributed by atoms with Crippen molar-refractivity contribution in [3.05, 3.63) is 32.9 Å². The highest BCUT2D eigenvalue weighted by Gasteiger charge is 2.06. The number of nitrogens with zero attached hydrogens (tertiary/aromatic N) is 3. The van der Waals surface area contributed by atoms with Crippen molar-refractivity contribution in [2.24, 2.45) is 7.05 Å². The maximum atomic E-state index is 10.8. The van der Waals surface area contributed by atoms with E-state index in [2.05, 4.69) is 4.98 Å². The lowest BCUT2D eigenvalue weighted by Gasteiger charge is -1.91. The second-order valence-corrected chi connectivity index (χ2v) is 1.95. The van der Waals surface area contributed by atoms with Crippen LogP contribution in [0.2, 0.25) is 0 Å². The number of hydrogen-bond donors (Lipinski definition) is 0. The van der Waals surface area contributed by atoms with E-state index in [0.717, 1.165) is 17.0 Å². The molecule has 6 nitrogen and oxygen atoms in total. The third kappa shape index (κ3) is 1.40. The van der Waals surface area contributed by atoms with Crippen LogP contribution in [0, 0.1) is 10.1 Å². The minimum Gasteiger partial charge on any atom is -0.358 e. The predicted molar refractivity (Wildman–Crippen MR) is 36.1 cm³/mol. The van der Waals surface area contributed by atoms with Crippen LogP contribution in [-0.4, -0.2) is 14.5 Å². The van der Waals surface area contributed by atoms with Gasteiger partial charge in [-0.3, -0.25) is 9.36 Å². The second-order valence-electron chi connectivity index (χ2n) is 1.95. The first kappa shape index (κ1) is 7.39. The highest BCUT2D eigenvalue weighted by molar-refractivity contribution is 5.13. The van der Waals surface area contributed by atoms with E-state index >= 15 is 0 Å². The predicted octanol–water partition coefficient (Wildman–Crippen LogP) is -0.312. The van der Waals surface area contributed by atoms with Crippen LogP contribution in [0.3, 0.4) is 0 Å². The zero-order chi connectivity index (χ0) is 8.43. The summed E-state index contributed by atoms with van der Waals surface area (Å²) in [6.07, 6.45) is 1.11. The number of aromatic nitrogens is 2. The second kappa shape index (κ2) is 2.49.